The first-order valence-electron chi connectivity index (χ1n) is 7.18. The Morgan fingerprint density at radius 1 is 1.43 bits per heavy atom. The molecule has 2 atom stereocenters. The van der Waals surface area contributed by atoms with Gasteiger partial charge in [-0.25, -0.2) is 0 Å². The van der Waals surface area contributed by atoms with Crippen LogP contribution >= 0.6 is 0 Å². The van der Waals surface area contributed by atoms with E-state index >= 15 is 0 Å². The molecule has 2 saturated heterocycles. The fraction of sp³-hybridized carbons (Fsp3) is 0.643. The molecule has 2 aliphatic heterocycles. The number of ether oxygens (including phenoxy) is 1. The minimum atomic E-state index is -0.321. The van der Waals surface area contributed by atoms with Crippen LogP contribution in [0.3, 0.4) is 0 Å². The molecule has 1 aromatic heterocycles. The Kier molecular flexibility index (Phi) is 3.67. The van der Waals surface area contributed by atoms with Crippen molar-refractivity contribution in [3.8, 4) is 0 Å². The SMILES string of the molecule is CC(C)c1cc(C(=O)N2C[C@H]3COC[C@@H](C2)C(=O)N3)no1. The lowest BCUT2D eigenvalue weighted by molar-refractivity contribution is -0.125. The van der Waals surface area contributed by atoms with Crippen LogP contribution in [0.5, 0.6) is 0 Å². The minimum Gasteiger partial charge on any atom is -0.378 e. The van der Waals surface area contributed by atoms with Crippen LogP contribution in [0.15, 0.2) is 10.6 Å². The highest BCUT2D eigenvalue weighted by Gasteiger charge is 2.36. The molecule has 0 radical (unpaired) electrons. The van der Waals surface area contributed by atoms with E-state index in [0.717, 1.165) is 0 Å². The molecule has 3 rings (SSSR count). The maximum atomic E-state index is 12.5. The number of rotatable bonds is 2. The summed E-state index contributed by atoms with van der Waals surface area (Å²) in [5, 5.41) is 6.75. The number of fused-ring (bicyclic) bond motifs is 3. The van der Waals surface area contributed by atoms with Crippen molar-refractivity contribution < 1.29 is 18.8 Å². The molecule has 0 saturated carbocycles. The number of nitrogens with zero attached hydrogens (tertiary/aromatic N) is 2. The molecule has 2 aliphatic rings. The smallest absolute Gasteiger partial charge is 0.276 e. The summed E-state index contributed by atoms with van der Waals surface area (Å²) in [6.45, 7) is 5.52. The second kappa shape index (κ2) is 5.48. The first-order valence-corrected chi connectivity index (χ1v) is 7.18. The molecule has 1 N–H and O–H groups in total. The van der Waals surface area contributed by atoms with E-state index in [0.29, 0.717) is 37.8 Å². The Morgan fingerprint density at radius 2 is 2.24 bits per heavy atom. The second-order valence-electron chi connectivity index (χ2n) is 5.92. The number of hydrogen-bond donors (Lipinski definition) is 1. The second-order valence-corrected chi connectivity index (χ2v) is 5.92. The molecule has 1 aromatic rings. The van der Waals surface area contributed by atoms with E-state index in [4.69, 9.17) is 9.26 Å². The molecule has 0 unspecified atom stereocenters. The van der Waals surface area contributed by atoms with Gasteiger partial charge >= 0.3 is 0 Å². The fourth-order valence-corrected chi connectivity index (χ4v) is 2.62. The molecule has 2 bridgehead atoms. The summed E-state index contributed by atoms with van der Waals surface area (Å²) in [5.74, 6) is 0.304. The summed E-state index contributed by atoms with van der Waals surface area (Å²) in [7, 11) is 0. The van der Waals surface area contributed by atoms with Crippen LogP contribution in [0.1, 0.15) is 36.0 Å². The Hall–Kier alpha value is -1.89. The molecule has 2 fully saturated rings. The number of nitrogens with one attached hydrogen (secondary N) is 1. The summed E-state index contributed by atoms with van der Waals surface area (Å²) < 4.78 is 10.6. The molecule has 114 valence electrons. The Balaban J connectivity index is 1.79. The predicted molar refractivity (Wildman–Crippen MR) is 72.7 cm³/mol. The van der Waals surface area contributed by atoms with Gasteiger partial charge in [-0.1, -0.05) is 19.0 Å². The van der Waals surface area contributed by atoms with Gasteiger partial charge in [-0.05, 0) is 0 Å². The van der Waals surface area contributed by atoms with Gasteiger partial charge in [0, 0.05) is 25.1 Å². The van der Waals surface area contributed by atoms with Gasteiger partial charge in [0.1, 0.15) is 5.76 Å². The van der Waals surface area contributed by atoms with Gasteiger partial charge in [-0.2, -0.15) is 0 Å². The number of amides is 2. The van der Waals surface area contributed by atoms with Gasteiger partial charge in [0.25, 0.3) is 5.91 Å². The highest BCUT2D eigenvalue weighted by molar-refractivity contribution is 5.93. The fourth-order valence-electron chi connectivity index (χ4n) is 2.62. The maximum absolute atomic E-state index is 12.5. The van der Waals surface area contributed by atoms with Crippen molar-refractivity contribution in [1.82, 2.24) is 15.4 Å². The van der Waals surface area contributed by atoms with E-state index < -0.39 is 0 Å². The molecule has 21 heavy (non-hydrogen) atoms. The zero-order valence-electron chi connectivity index (χ0n) is 12.2. The van der Waals surface area contributed by atoms with Crippen molar-refractivity contribution in [3.05, 3.63) is 17.5 Å². The number of aromatic nitrogens is 1. The quantitative estimate of drug-likeness (QED) is 0.852. The lowest BCUT2D eigenvalue weighted by Gasteiger charge is -2.26. The van der Waals surface area contributed by atoms with Gasteiger partial charge in [-0.15, -0.1) is 0 Å². The lowest BCUT2D eigenvalue weighted by atomic mass is 10.1. The highest BCUT2D eigenvalue weighted by Crippen LogP contribution is 2.19. The van der Waals surface area contributed by atoms with Crippen molar-refractivity contribution in [3.63, 3.8) is 0 Å². The van der Waals surface area contributed by atoms with Crippen LogP contribution in [0.25, 0.3) is 0 Å². The van der Waals surface area contributed by atoms with Crippen molar-refractivity contribution in [1.29, 1.82) is 0 Å². The van der Waals surface area contributed by atoms with Crippen LogP contribution in [-0.4, -0.2) is 54.2 Å². The summed E-state index contributed by atoms with van der Waals surface area (Å²) >= 11 is 0. The zero-order valence-corrected chi connectivity index (χ0v) is 12.2. The lowest BCUT2D eigenvalue weighted by Crippen LogP contribution is -2.44. The molecule has 0 spiro atoms. The molecule has 3 heterocycles. The molecule has 2 amide bonds. The molecule has 0 aromatic carbocycles. The van der Waals surface area contributed by atoms with Gasteiger partial charge in [0.05, 0.1) is 25.2 Å². The van der Waals surface area contributed by atoms with E-state index in [9.17, 15) is 9.59 Å². The first-order chi connectivity index (χ1) is 10.0. The molecule has 0 aliphatic carbocycles. The average molecular weight is 293 g/mol. The largest absolute Gasteiger partial charge is 0.378 e. The van der Waals surface area contributed by atoms with Gasteiger partial charge in [0.2, 0.25) is 5.91 Å². The van der Waals surface area contributed by atoms with Gasteiger partial charge in [-0.3, -0.25) is 9.59 Å². The number of hydrogen-bond acceptors (Lipinski definition) is 5. The Bertz CT molecular complexity index is 554. The summed E-state index contributed by atoms with van der Waals surface area (Å²) in [4.78, 5) is 26.1. The standard InChI is InChI=1S/C14H19N3O4/c1-8(2)12-3-11(16-21-12)14(19)17-4-9-6-20-7-10(5-17)15-13(9)18/h3,8-10H,4-7H2,1-2H3,(H,15,18)/t9-,10+/m1/s1. The third kappa shape index (κ3) is 2.78. The van der Waals surface area contributed by atoms with Crippen LogP contribution in [-0.2, 0) is 9.53 Å². The van der Waals surface area contributed by atoms with Crippen molar-refractivity contribution in [2.45, 2.75) is 25.8 Å². The normalized spacial score (nSPS) is 25.7. The van der Waals surface area contributed by atoms with Gasteiger partial charge in [0.15, 0.2) is 5.69 Å². The Morgan fingerprint density at radius 3 is 2.95 bits per heavy atom. The van der Waals surface area contributed by atoms with Crippen molar-refractivity contribution in [2.24, 2.45) is 5.92 Å². The van der Waals surface area contributed by atoms with E-state index in [1.54, 1.807) is 11.0 Å². The first kappa shape index (κ1) is 14.1. The topological polar surface area (TPSA) is 84.7 Å². The molecule has 7 nitrogen and oxygen atoms in total. The van der Waals surface area contributed by atoms with Crippen LogP contribution in [0.4, 0.5) is 0 Å². The van der Waals surface area contributed by atoms with Crippen LogP contribution in [0, 0.1) is 5.92 Å². The van der Waals surface area contributed by atoms with E-state index in [-0.39, 0.29) is 29.7 Å². The third-order valence-electron chi connectivity index (χ3n) is 3.84. The van der Waals surface area contributed by atoms with Crippen LogP contribution < -0.4 is 5.32 Å². The van der Waals surface area contributed by atoms with Gasteiger partial charge < -0.3 is 19.5 Å². The average Bonchev–Trinajstić information content (AvgIpc) is 2.78. The summed E-state index contributed by atoms with van der Waals surface area (Å²) in [6.07, 6.45) is 0. The van der Waals surface area contributed by atoms with E-state index in [1.807, 2.05) is 13.8 Å². The monoisotopic (exact) mass is 293 g/mol. The summed E-state index contributed by atoms with van der Waals surface area (Å²) in [5.41, 5.74) is 0.298. The summed E-state index contributed by atoms with van der Waals surface area (Å²) in [6, 6.07) is 1.52. The maximum Gasteiger partial charge on any atom is 0.276 e. The van der Waals surface area contributed by atoms with Crippen molar-refractivity contribution in [2.75, 3.05) is 26.3 Å². The van der Waals surface area contributed by atoms with E-state index in [1.165, 1.54) is 0 Å². The Labute approximate surface area is 122 Å². The van der Waals surface area contributed by atoms with Crippen LogP contribution in [0.2, 0.25) is 0 Å². The number of carbonyl (C=O) groups is 2. The molecular formula is C14H19N3O4. The minimum absolute atomic E-state index is 0.0455. The number of carbonyl (C=O) groups excluding carboxylic acids is 2. The predicted octanol–water partition coefficient (Wildman–Crippen LogP) is 0.385. The third-order valence-corrected chi connectivity index (χ3v) is 3.84. The van der Waals surface area contributed by atoms with Crippen molar-refractivity contribution >= 4 is 11.8 Å². The highest BCUT2D eigenvalue weighted by atomic mass is 16.5. The zero-order chi connectivity index (χ0) is 15.0. The molecule has 7 heteroatoms. The molecular weight excluding hydrogens is 274 g/mol. The van der Waals surface area contributed by atoms with E-state index in [2.05, 4.69) is 10.5 Å².